The molecule has 9 nitrogen and oxygen atoms in total. The standard InChI is InChI=1S/C31H37N3O6S/c1-5-26(30(36)32-31(2,3)4)33(21-23-12-8-6-9-13-23)29(35)22-34(41(37,38)25-14-10-7-11-15-25)24-16-17-27-28(20-24)40-19-18-39-27/h6-17,20,26H,5,18-19,21-22H2,1-4H3,(H,32,36)/t26-/m1/s1. The minimum Gasteiger partial charge on any atom is -0.486 e. The molecule has 1 aliphatic heterocycles. The van der Waals surface area contributed by atoms with Gasteiger partial charge in [-0.15, -0.1) is 0 Å². The summed E-state index contributed by atoms with van der Waals surface area (Å²) in [6, 6.07) is 21.2. The van der Waals surface area contributed by atoms with E-state index in [1.807, 2.05) is 58.0 Å². The number of ether oxygens (including phenoxy) is 2. The molecule has 0 saturated heterocycles. The fourth-order valence-electron chi connectivity index (χ4n) is 4.59. The molecule has 0 unspecified atom stereocenters. The van der Waals surface area contributed by atoms with Crippen LogP contribution in [0.1, 0.15) is 39.7 Å². The predicted octanol–water partition coefficient (Wildman–Crippen LogP) is 4.38. The predicted molar refractivity (Wildman–Crippen MR) is 157 cm³/mol. The average Bonchev–Trinajstić information content (AvgIpc) is 2.95. The third kappa shape index (κ3) is 7.38. The Morgan fingerprint density at radius 2 is 1.51 bits per heavy atom. The van der Waals surface area contributed by atoms with Crippen LogP contribution in [0.3, 0.4) is 0 Å². The van der Waals surface area contributed by atoms with Gasteiger partial charge in [0.2, 0.25) is 11.8 Å². The van der Waals surface area contributed by atoms with Gasteiger partial charge < -0.3 is 19.7 Å². The van der Waals surface area contributed by atoms with Crippen molar-refractivity contribution < 1.29 is 27.5 Å². The molecule has 10 heteroatoms. The lowest BCUT2D eigenvalue weighted by molar-refractivity contribution is -0.141. The molecule has 218 valence electrons. The number of rotatable bonds is 10. The van der Waals surface area contributed by atoms with Gasteiger partial charge in [-0.25, -0.2) is 8.42 Å². The molecule has 0 aromatic heterocycles. The summed E-state index contributed by atoms with van der Waals surface area (Å²) in [5.74, 6) is 0.0748. The molecule has 41 heavy (non-hydrogen) atoms. The second-order valence-corrected chi connectivity index (χ2v) is 12.7. The summed E-state index contributed by atoms with van der Waals surface area (Å²) in [6.07, 6.45) is 0.343. The molecule has 0 spiro atoms. The lowest BCUT2D eigenvalue weighted by atomic mass is 10.1. The van der Waals surface area contributed by atoms with Gasteiger partial charge in [-0.3, -0.25) is 13.9 Å². The second-order valence-electron chi connectivity index (χ2n) is 10.8. The molecule has 3 aromatic rings. The van der Waals surface area contributed by atoms with E-state index in [0.717, 1.165) is 9.87 Å². The first-order chi connectivity index (χ1) is 19.5. The Labute approximate surface area is 242 Å². The summed E-state index contributed by atoms with van der Waals surface area (Å²) in [6.45, 7) is 7.77. The molecular formula is C31H37N3O6S. The molecule has 1 atom stereocenters. The number of fused-ring (bicyclic) bond motifs is 1. The molecule has 1 aliphatic rings. The minimum absolute atomic E-state index is 0.0369. The van der Waals surface area contributed by atoms with Gasteiger partial charge in [-0.05, 0) is 57.0 Å². The highest BCUT2D eigenvalue weighted by molar-refractivity contribution is 7.92. The summed E-state index contributed by atoms with van der Waals surface area (Å²) in [5.41, 5.74) is 0.554. The van der Waals surface area contributed by atoms with Crippen LogP contribution in [0.4, 0.5) is 5.69 Å². The van der Waals surface area contributed by atoms with Gasteiger partial charge in [0.05, 0.1) is 10.6 Å². The number of hydrogen-bond acceptors (Lipinski definition) is 6. The molecule has 0 bridgehead atoms. The highest BCUT2D eigenvalue weighted by Crippen LogP contribution is 2.36. The SMILES string of the molecule is CC[C@H](C(=O)NC(C)(C)C)N(Cc1ccccc1)C(=O)CN(c1ccc2c(c1)OCCO2)S(=O)(=O)c1ccccc1. The Kier molecular flexibility index (Phi) is 9.22. The molecule has 0 saturated carbocycles. The molecule has 4 rings (SSSR count). The molecule has 0 aliphatic carbocycles. The van der Waals surface area contributed by atoms with Crippen LogP contribution in [-0.2, 0) is 26.2 Å². The number of hydrogen-bond donors (Lipinski definition) is 1. The number of carbonyl (C=O) groups is 2. The first-order valence-corrected chi connectivity index (χ1v) is 15.1. The molecule has 3 aromatic carbocycles. The monoisotopic (exact) mass is 579 g/mol. The Bertz CT molecular complexity index is 1460. The first kappa shape index (κ1) is 29.9. The number of benzene rings is 3. The van der Waals surface area contributed by atoms with Gasteiger partial charge in [-0.2, -0.15) is 0 Å². The van der Waals surface area contributed by atoms with Crippen LogP contribution in [0.5, 0.6) is 11.5 Å². The van der Waals surface area contributed by atoms with Crippen LogP contribution in [0, 0.1) is 0 Å². The fourth-order valence-corrected chi connectivity index (χ4v) is 6.02. The Morgan fingerprint density at radius 1 is 0.902 bits per heavy atom. The summed E-state index contributed by atoms with van der Waals surface area (Å²) < 4.78 is 40.3. The van der Waals surface area contributed by atoms with E-state index in [9.17, 15) is 18.0 Å². The van der Waals surface area contributed by atoms with Gasteiger partial charge in [-0.1, -0.05) is 55.5 Å². The van der Waals surface area contributed by atoms with Gasteiger partial charge in [0.1, 0.15) is 25.8 Å². The Balaban J connectivity index is 1.75. The van der Waals surface area contributed by atoms with Crippen molar-refractivity contribution in [2.75, 3.05) is 24.1 Å². The van der Waals surface area contributed by atoms with E-state index >= 15 is 0 Å². The lowest BCUT2D eigenvalue weighted by Gasteiger charge is -2.35. The van der Waals surface area contributed by atoms with Crippen molar-refractivity contribution in [3.8, 4) is 11.5 Å². The second kappa shape index (κ2) is 12.6. The number of nitrogens with zero attached hydrogens (tertiary/aromatic N) is 2. The van der Waals surface area contributed by atoms with Gasteiger partial charge in [0.15, 0.2) is 11.5 Å². The zero-order valence-corrected chi connectivity index (χ0v) is 24.7. The van der Waals surface area contributed by atoms with Crippen LogP contribution in [0.15, 0.2) is 83.8 Å². The van der Waals surface area contributed by atoms with Gasteiger partial charge >= 0.3 is 0 Å². The van der Waals surface area contributed by atoms with Crippen LogP contribution >= 0.6 is 0 Å². The van der Waals surface area contributed by atoms with E-state index in [-0.39, 0.29) is 23.0 Å². The van der Waals surface area contributed by atoms with Crippen molar-refractivity contribution in [2.45, 2.75) is 57.1 Å². The topological polar surface area (TPSA) is 105 Å². The highest BCUT2D eigenvalue weighted by atomic mass is 32.2. The van der Waals surface area contributed by atoms with Crippen molar-refractivity contribution in [2.24, 2.45) is 0 Å². The number of carbonyl (C=O) groups excluding carboxylic acids is 2. The van der Waals surface area contributed by atoms with Crippen molar-refractivity contribution in [1.29, 1.82) is 0 Å². The van der Waals surface area contributed by atoms with E-state index < -0.39 is 34.1 Å². The lowest BCUT2D eigenvalue weighted by Crippen LogP contribution is -2.55. The summed E-state index contributed by atoms with van der Waals surface area (Å²) in [5, 5.41) is 2.97. The maximum absolute atomic E-state index is 14.2. The quantitative estimate of drug-likeness (QED) is 0.382. The molecule has 1 heterocycles. The maximum Gasteiger partial charge on any atom is 0.264 e. The van der Waals surface area contributed by atoms with E-state index in [4.69, 9.17) is 9.47 Å². The smallest absolute Gasteiger partial charge is 0.264 e. The third-order valence-corrected chi connectivity index (χ3v) is 8.29. The molecule has 0 radical (unpaired) electrons. The number of nitrogens with one attached hydrogen (secondary N) is 1. The normalized spacial score (nSPS) is 13.7. The van der Waals surface area contributed by atoms with Gasteiger partial charge in [0.25, 0.3) is 10.0 Å². The first-order valence-electron chi connectivity index (χ1n) is 13.6. The van der Waals surface area contributed by atoms with Crippen LogP contribution in [-0.4, -0.2) is 56.5 Å². The summed E-state index contributed by atoms with van der Waals surface area (Å²) >= 11 is 0. The molecule has 0 fully saturated rings. The van der Waals surface area contributed by atoms with Crippen molar-refractivity contribution in [1.82, 2.24) is 10.2 Å². The van der Waals surface area contributed by atoms with E-state index in [2.05, 4.69) is 5.32 Å². The minimum atomic E-state index is -4.17. The van der Waals surface area contributed by atoms with Crippen LogP contribution in [0.2, 0.25) is 0 Å². The van der Waals surface area contributed by atoms with E-state index in [1.165, 1.54) is 17.0 Å². The zero-order chi connectivity index (χ0) is 29.6. The van der Waals surface area contributed by atoms with Crippen molar-refractivity contribution in [3.63, 3.8) is 0 Å². The number of sulfonamides is 1. The van der Waals surface area contributed by atoms with Gasteiger partial charge in [0, 0.05) is 18.2 Å². The molecule has 1 N–H and O–H groups in total. The van der Waals surface area contributed by atoms with Crippen molar-refractivity contribution in [3.05, 3.63) is 84.4 Å². The molecule has 2 amide bonds. The molecular weight excluding hydrogens is 542 g/mol. The fraction of sp³-hybridized carbons (Fsp3) is 0.355. The maximum atomic E-state index is 14.2. The zero-order valence-electron chi connectivity index (χ0n) is 23.9. The van der Waals surface area contributed by atoms with Crippen LogP contribution < -0.4 is 19.1 Å². The summed E-state index contributed by atoms with van der Waals surface area (Å²) in [7, 11) is -4.17. The Morgan fingerprint density at radius 3 is 2.12 bits per heavy atom. The summed E-state index contributed by atoms with van der Waals surface area (Å²) in [4.78, 5) is 29.0. The van der Waals surface area contributed by atoms with Crippen molar-refractivity contribution >= 4 is 27.5 Å². The highest BCUT2D eigenvalue weighted by Gasteiger charge is 2.35. The Hall–Kier alpha value is -4.05. The number of amides is 2. The van der Waals surface area contributed by atoms with E-state index in [1.54, 1.807) is 36.4 Å². The largest absolute Gasteiger partial charge is 0.486 e. The average molecular weight is 580 g/mol. The number of anilines is 1. The third-order valence-electron chi connectivity index (χ3n) is 6.50. The van der Waals surface area contributed by atoms with Crippen LogP contribution in [0.25, 0.3) is 0 Å². The van der Waals surface area contributed by atoms with E-state index in [0.29, 0.717) is 31.1 Å².